The smallest absolute Gasteiger partial charge is 0.417 e. The van der Waals surface area contributed by atoms with Crippen LogP contribution in [-0.4, -0.2) is 36.5 Å². The normalized spacial score (nSPS) is 18.7. The van der Waals surface area contributed by atoms with Gasteiger partial charge in [-0.25, -0.2) is 4.79 Å². The van der Waals surface area contributed by atoms with Crippen molar-refractivity contribution in [1.29, 1.82) is 0 Å². The molecule has 1 heterocycles. The molecule has 1 aromatic rings. The summed E-state index contributed by atoms with van der Waals surface area (Å²) in [6.07, 6.45) is -3.67. The summed E-state index contributed by atoms with van der Waals surface area (Å²) in [5.41, 5.74) is -1.44. The lowest BCUT2D eigenvalue weighted by Crippen LogP contribution is -2.41. The predicted molar refractivity (Wildman–Crippen MR) is 67.5 cm³/mol. The number of hydrogen-bond acceptors (Lipinski definition) is 3. The molecule has 1 aliphatic heterocycles. The van der Waals surface area contributed by atoms with Crippen LogP contribution in [0.1, 0.15) is 28.8 Å². The van der Waals surface area contributed by atoms with Gasteiger partial charge in [-0.15, -0.1) is 0 Å². The first-order valence-electron chi connectivity index (χ1n) is 6.41. The zero-order valence-electron chi connectivity index (χ0n) is 11.3. The lowest BCUT2D eigenvalue weighted by atomic mass is 10.1. The molecule has 1 atom stereocenters. The van der Waals surface area contributed by atoms with Gasteiger partial charge < -0.3 is 9.64 Å². The highest BCUT2D eigenvalue weighted by Gasteiger charge is 2.40. The molecule has 1 amide bonds. The van der Waals surface area contributed by atoms with Crippen LogP contribution in [0.4, 0.5) is 13.2 Å². The first kappa shape index (κ1) is 15.3. The van der Waals surface area contributed by atoms with Gasteiger partial charge >= 0.3 is 12.1 Å². The Balaban J connectivity index is 2.35. The van der Waals surface area contributed by atoms with Crippen LogP contribution in [0.3, 0.4) is 0 Å². The Morgan fingerprint density at radius 3 is 2.57 bits per heavy atom. The number of halogens is 3. The third-order valence-corrected chi connectivity index (χ3v) is 3.45. The Hall–Kier alpha value is -2.05. The second-order valence-corrected chi connectivity index (χ2v) is 4.72. The van der Waals surface area contributed by atoms with Gasteiger partial charge in [0.15, 0.2) is 0 Å². The van der Waals surface area contributed by atoms with Crippen molar-refractivity contribution in [3.05, 3.63) is 35.4 Å². The van der Waals surface area contributed by atoms with Gasteiger partial charge in [0, 0.05) is 6.54 Å². The molecular formula is C14H14F3NO3. The fraction of sp³-hybridized carbons (Fsp3) is 0.429. The van der Waals surface area contributed by atoms with E-state index in [1.54, 1.807) is 0 Å². The van der Waals surface area contributed by atoms with E-state index in [4.69, 9.17) is 0 Å². The quantitative estimate of drug-likeness (QED) is 0.788. The number of amides is 1. The van der Waals surface area contributed by atoms with E-state index in [-0.39, 0.29) is 6.54 Å². The summed E-state index contributed by atoms with van der Waals surface area (Å²) >= 11 is 0. The number of carbonyl (C=O) groups excluding carboxylic acids is 2. The van der Waals surface area contributed by atoms with E-state index in [2.05, 4.69) is 4.74 Å². The number of nitrogens with zero attached hydrogens (tertiary/aromatic N) is 1. The van der Waals surface area contributed by atoms with Crippen LogP contribution in [0.15, 0.2) is 24.3 Å². The molecule has 0 saturated carbocycles. The summed E-state index contributed by atoms with van der Waals surface area (Å²) in [5, 5.41) is 0. The first-order chi connectivity index (χ1) is 9.86. The molecule has 0 aromatic heterocycles. The topological polar surface area (TPSA) is 46.6 Å². The van der Waals surface area contributed by atoms with E-state index in [9.17, 15) is 22.8 Å². The largest absolute Gasteiger partial charge is 0.467 e. The van der Waals surface area contributed by atoms with Crippen LogP contribution in [0, 0.1) is 0 Å². The van der Waals surface area contributed by atoms with E-state index in [1.165, 1.54) is 19.2 Å². The molecule has 1 fully saturated rings. The van der Waals surface area contributed by atoms with Crippen molar-refractivity contribution in [2.24, 2.45) is 0 Å². The maximum absolute atomic E-state index is 13.0. The van der Waals surface area contributed by atoms with Crippen molar-refractivity contribution in [2.75, 3.05) is 13.7 Å². The number of esters is 1. The van der Waals surface area contributed by atoms with Crippen LogP contribution in [0.5, 0.6) is 0 Å². The lowest BCUT2D eigenvalue weighted by molar-refractivity contribution is -0.145. The van der Waals surface area contributed by atoms with Crippen LogP contribution in [0.25, 0.3) is 0 Å². The van der Waals surface area contributed by atoms with Crippen molar-refractivity contribution in [1.82, 2.24) is 4.90 Å². The number of carbonyl (C=O) groups is 2. The molecule has 1 aromatic carbocycles. The molecule has 1 saturated heterocycles. The van der Waals surface area contributed by atoms with Crippen LogP contribution >= 0.6 is 0 Å². The zero-order valence-corrected chi connectivity index (χ0v) is 11.3. The molecule has 0 spiro atoms. The number of hydrogen-bond donors (Lipinski definition) is 0. The summed E-state index contributed by atoms with van der Waals surface area (Å²) in [5.74, 6) is -1.40. The van der Waals surface area contributed by atoms with Gasteiger partial charge in [0.05, 0.1) is 18.2 Å². The molecule has 0 radical (unpaired) electrons. The van der Waals surface area contributed by atoms with Crippen LogP contribution in [-0.2, 0) is 15.7 Å². The highest BCUT2D eigenvalue weighted by molar-refractivity contribution is 5.98. The van der Waals surface area contributed by atoms with E-state index >= 15 is 0 Å². The minimum atomic E-state index is -4.62. The number of alkyl halides is 3. The second kappa shape index (κ2) is 5.75. The average Bonchev–Trinajstić information content (AvgIpc) is 2.94. The van der Waals surface area contributed by atoms with Gasteiger partial charge in [-0.2, -0.15) is 13.2 Å². The standard InChI is InChI=1S/C14H14F3NO3/c1-21-13(20)11-7-4-8-18(11)12(19)9-5-2-3-6-10(9)14(15,16)17/h2-3,5-6,11H,4,7-8H2,1H3/t11-/m0/s1. The molecule has 0 aliphatic carbocycles. The molecule has 0 bridgehead atoms. The van der Waals surface area contributed by atoms with E-state index in [1.807, 2.05) is 0 Å². The summed E-state index contributed by atoms with van der Waals surface area (Å²) in [4.78, 5) is 25.1. The van der Waals surface area contributed by atoms with Crippen molar-refractivity contribution in [2.45, 2.75) is 25.1 Å². The molecule has 21 heavy (non-hydrogen) atoms. The Morgan fingerprint density at radius 2 is 1.95 bits per heavy atom. The van der Waals surface area contributed by atoms with Crippen molar-refractivity contribution < 1.29 is 27.5 Å². The highest BCUT2D eigenvalue weighted by atomic mass is 19.4. The van der Waals surface area contributed by atoms with Gasteiger partial charge in [-0.3, -0.25) is 4.79 Å². The Morgan fingerprint density at radius 1 is 1.29 bits per heavy atom. The number of rotatable bonds is 2. The molecule has 0 unspecified atom stereocenters. The molecule has 2 rings (SSSR count). The molecule has 7 heteroatoms. The van der Waals surface area contributed by atoms with Crippen molar-refractivity contribution in [3.63, 3.8) is 0 Å². The van der Waals surface area contributed by atoms with Gasteiger partial charge in [0.2, 0.25) is 0 Å². The predicted octanol–water partition coefficient (Wildman–Crippen LogP) is 2.48. The van der Waals surface area contributed by atoms with E-state index in [0.717, 1.165) is 17.0 Å². The Labute approximate surface area is 119 Å². The molecule has 1 aliphatic rings. The third kappa shape index (κ3) is 3.01. The lowest BCUT2D eigenvalue weighted by Gasteiger charge is -2.24. The molecular weight excluding hydrogens is 287 g/mol. The Kier molecular flexibility index (Phi) is 4.20. The summed E-state index contributed by atoms with van der Waals surface area (Å²) in [6.45, 7) is 0.241. The van der Waals surface area contributed by atoms with Crippen molar-refractivity contribution >= 4 is 11.9 Å². The number of benzene rings is 1. The fourth-order valence-corrected chi connectivity index (χ4v) is 2.46. The second-order valence-electron chi connectivity index (χ2n) is 4.72. The highest BCUT2D eigenvalue weighted by Crippen LogP contribution is 2.33. The Bertz CT molecular complexity index is 557. The monoisotopic (exact) mass is 301 g/mol. The van der Waals surface area contributed by atoms with Gasteiger partial charge in [-0.05, 0) is 25.0 Å². The van der Waals surface area contributed by atoms with Crippen LogP contribution in [0.2, 0.25) is 0 Å². The van der Waals surface area contributed by atoms with Gasteiger partial charge in [-0.1, -0.05) is 12.1 Å². The van der Waals surface area contributed by atoms with Gasteiger partial charge in [0.25, 0.3) is 5.91 Å². The van der Waals surface area contributed by atoms with Crippen molar-refractivity contribution in [3.8, 4) is 0 Å². The maximum Gasteiger partial charge on any atom is 0.417 e. The first-order valence-corrected chi connectivity index (χ1v) is 6.41. The van der Waals surface area contributed by atoms with Crippen LogP contribution < -0.4 is 0 Å². The van der Waals surface area contributed by atoms with E-state index in [0.29, 0.717) is 12.8 Å². The minimum Gasteiger partial charge on any atom is -0.467 e. The summed E-state index contributed by atoms with van der Waals surface area (Å²) in [6, 6.07) is 3.75. The van der Waals surface area contributed by atoms with Gasteiger partial charge in [0.1, 0.15) is 6.04 Å². The molecule has 0 N–H and O–H groups in total. The number of likely N-dealkylation sites (tertiary alicyclic amines) is 1. The van der Waals surface area contributed by atoms with E-state index < -0.39 is 35.2 Å². The zero-order chi connectivity index (χ0) is 15.6. The molecule has 4 nitrogen and oxygen atoms in total. The average molecular weight is 301 g/mol. The SMILES string of the molecule is COC(=O)[C@@H]1CCCN1C(=O)c1ccccc1C(F)(F)F. The molecule has 114 valence electrons. The minimum absolute atomic E-state index is 0.241. The maximum atomic E-state index is 13.0. The third-order valence-electron chi connectivity index (χ3n) is 3.45. The summed E-state index contributed by atoms with van der Waals surface area (Å²) in [7, 11) is 1.19. The number of methoxy groups -OCH3 is 1. The summed E-state index contributed by atoms with van der Waals surface area (Å²) < 4.78 is 43.5. The number of ether oxygens (including phenoxy) is 1. The fourth-order valence-electron chi connectivity index (χ4n) is 2.46.